The van der Waals surface area contributed by atoms with Crippen molar-refractivity contribution in [2.75, 3.05) is 18.8 Å². The van der Waals surface area contributed by atoms with E-state index in [4.69, 9.17) is 10.5 Å². The lowest BCUT2D eigenvalue weighted by Crippen LogP contribution is -2.34. The second kappa shape index (κ2) is 7.65. The minimum atomic E-state index is -3.60. The van der Waals surface area contributed by atoms with Crippen LogP contribution in [0.15, 0.2) is 23.1 Å². The van der Waals surface area contributed by atoms with Gasteiger partial charge in [0.25, 0.3) is 0 Å². The monoisotopic (exact) mass is 343 g/mol. The summed E-state index contributed by atoms with van der Waals surface area (Å²) in [7, 11) is -3.60. The van der Waals surface area contributed by atoms with E-state index in [0.29, 0.717) is 18.7 Å². The molecule has 0 atom stereocenters. The molecule has 0 heterocycles. The topological polar surface area (TPSA) is 111 Å². The minimum Gasteiger partial charge on any atom is -0.444 e. The summed E-state index contributed by atoms with van der Waals surface area (Å²) in [4.78, 5) is 11.5. The highest BCUT2D eigenvalue weighted by Crippen LogP contribution is 2.16. The molecule has 0 spiro atoms. The van der Waals surface area contributed by atoms with Gasteiger partial charge in [0.15, 0.2) is 0 Å². The Labute approximate surface area is 137 Å². The van der Waals surface area contributed by atoms with Crippen molar-refractivity contribution in [2.24, 2.45) is 0 Å². The van der Waals surface area contributed by atoms with E-state index in [1.54, 1.807) is 26.8 Å². The number of aryl methyl sites for hydroxylation is 1. The van der Waals surface area contributed by atoms with Crippen LogP contribution in [0.5, 0.6) is 0 Å². The molecule has 0 saturated heterocycles. The molecule has 1 aromatic carbocycles. The molecular weight excluding hydrogens is 318 g/mol. The molecule has 130 valence electrons. The van der Waals surface area contributed by atoms with E-state index in [1.165, 1.54) is 12.1 Å². The Morgan fingerprint density at radius 3 is 2.48 bits per heavy atom. The van der Waals surface area contributed by atoms with Crippen molar-refractivity contribution in [3.05, 3.63) is 23.8 Å². The predicted octanol–water partition coefficient (Wildman–Crippen LogP) is 1.77. The molecule has 0 bridgehead atoms. The number of sulfonamides is 1. The summed E-state index contributed by atoms with van der Waals surface area (Å²) in [6, 6.07) is 4.59. The average Bonchev–Trinajstić information content (AvgIpc) is 2.39. The maximum atomic E-state index is 12.1. The zero-order valence-corrected chi connectivity index (χ0v) is 14.8. The normalized spacial score (nSPS) is 12.0. The van der Waals surface area contributed by atoms with Gasteiger partial charge in [0.05, 0.1) is 4.90 Å². The number of alkyl carbamates (subject to hydrolysis) is 1. The second-order valence-electron chi connectivity index (χ2n) is 6.20. The van der Waals surface area contributed by atoms with E-state index in [2.05, 4.69) is 10.0 Å². The third-order valence-corrected chi connectivity index (χ3v) is 4.33. The summed E-state index contributed by atoms with van der Waals surface area (Å²) >= 11 is 0. The third-order valence-electron chi connectivity index (χ3n) is 2.87. The molecule has 1 aromatic rings. The highest BCUT2D eigenvalue weighted by atomic mass is 32.2. The number of amides is 1. The maximum Gasteiger partial charge on any atom is 0.407 e. The fraction of sp³-hybridized carbons (Fsp3) is 0.533. The largest absolute Gasteiger partial charge is 0.444 e. The van der Waals surface area contributed by atoms with Crippen molar-refractivity contribution >= 4 is 21.8 Å². The summed E-state index contributed by atoms with van der Waals surface area (Å²) in [5.41, 5.74) is 6.42. The van der Waals surface area contributed by atoms with Gasteiger partial charge in [-0.05, 0) is 51.8 Å². The SMILES string of the molecule is Cc1ccc(S(=O)(=O)NCCCNC(=O)OC(C)(C)C)cc1N. The van der Waals surface area contributed by atoms with Crippen LogP contribution in [0, 0.1) is 6.92 Å². The van der Waals surface area contributed by atoms with E-state index < -0.39 is 21.7 Å². The molecule has 0 aromatic heterocycles. The first-order chi connectivity index (χ1) is 10.5. The molecule has 1 rings (SSSR count). The molecule has 0 saturated carbocycles. The Hall–Kier alpha value is -1.80. The highest BCUT2D eigenvalue weighted by molar-refractivity contribution is 7.89. The lowest BCUT2D eigenvalue weighted by Gasteiger charge is -2.19. The molecular formula is C15H25N3O4S. The van der Waals surface area contributed by atoms with Crippen LogP contribution >= 0.6 is 0 Å². The molecule has 0 aliphatic carbocycles. The fourth-order valence-corrected chi connectivity index (χ4v) is 2.78. The maximum absolute atomic E-state index is 12.1. The number of anilines is 1. The van der Waals surface area contributed by atoms with Crippen LogP contribution in [-0.2, 0) is 14.8 Å². The van der Waals surface area contributed by atoms with Gasteiger partial charge in [-0.25, -0.2) is 17.9 Å². The number of rotatable bonds is 6. The number of hydrogen-bond donors (Lipinski definition) is 3. The quantitative estimate of drug-likeness (QED) is 0.538. The van der Waals surface area contributed by atoms with Crippen LogP contribution in [0.1, 0.15) is 32.8 Å². The molecule has 0 unspecified atom stereocenters. The van der Waals surface area contributed by atoms with Crippen molar-refractivity contribution in [3.8, 4) is 0 Å². The lowest BCUT2D eigenvalue weighted by molar-refractivity contribution is 0.0527. The number of nitrogens with two attached hydrogens (primary N) is 1. The second-order valence-corrected chi connectivity index (χ2v) is 7.97. The summed E-state index contributed by atoms with van der Waals surface area (Å²) in [6.45, 7) is 7.64. The van der Waals surface area contributed by atoms with Crippen molar-refractivity contribution in [2.45, 2.75) is 44.6 Å². The molecule has 0 radical (unpaired) electrons. The van der Waals surface area contributed by atoms with E-state index in [0.717, 1.165) is 5.56 Å². The molecule has 7 nitrogen and oxygen atoms in total. The summed E-state index contributed by atoms with van der Waals surface area (Å²) in [6.07, 6.45) is -0.0773. The number of nitrogens with one attached hydrogen (secondary N) is 2. The summed E-state index contributed by atoms with van der Waals surface area (Å²) in [5, 5.41) is 2.57. The number of nitrogen functional groups attached to an aromatic ring is 1. The minimum absolute atomic E-state index is 0.126. The van der Waals surface area contributed by atoms with E-state index >= 15 is 0 Å². The van der Waals surface area contributed by atoms with Gasteiger partial charge in [-0.15, -0.1) is 0 Å². The van der Waals surface area contributed by atoms with Gasteiger partial charge in [0.2, 0.25) is 10.0 Å². The van der Waals surface area contributed by atoms with Gasteiger partial charge in [-0.2, -0.15) is 0 Å². The highest BCUT2D eigenvalue weighted by Gasteiger charge is 2.16. The van der Waals surface area contributed by atoms with E-state index in [-0.39, 0.29) is 11.4 Å². The first-order valence-electron chi connectivity index (χ1n) is 7.34. The fourth-order valence-electron chi connectivity index (χ4n) is 1.67. The molecule has 1 amide bonds. The Bertz CT molecular complexity index is 651. The smallest absolute Gasteiger partial charge is 0.407 e. The first-order valence-corrected chi connectivity index (χ1v) is 8.82. The van der Waals surface area contributed by atoms with Crippen molar-refractivity contribution in [1.82, 2.24) is 10.0 Å². The summed E-state index contributed by atoms with van der Waals surface area (Å²) in [5.74, 6) is 0. The van der Waals surface area contributed by atoms with Crippen LogP contribution in [0.25, 0.3) is 0 Å². The van der Waals surface area contributed by atoms with Crippen LogP contribution in [0.3, 0.4) is 0 Å². The average molecular weight is 343 g/mol. The molecule has 0 aliphatic rings. The van der Waals surface area contributed by atoms with Crippen LogP contribution in [0.2, 0.25) is 0 Å². The molecule has 4 N–H and O–H groups in total. The number of carbonyl (C=O) groups excluding carboxylic acids is 1. The zero-order valence-electron chi connectivity index (χ0n) is 14.0. The van der Waals surface area contributed by atoms with Crippen LogP contribution < -0.4 is 15.8 Å². The standard InChI is InChI=1S/C15H25N3O4S/c1-11-6-7-12(10-13(11)16)23(20,21)18-9-5-8-17-14(19)22-15(2,3)4/h6-7,10,18H,5,8-9,16H2,1-4H3,(H,17,19). The summed E-state index contributed by atoms with van der Waals surface area (Å²) < 4.78 is 31.7. The van der Waals surface area contributed by atoms with Crippen molar-refractivity contribution in [1.29, 1.82) is 0 Å². The van der Waals surface area contributed by atoms with Gasteiger partial charge in [-0.1, -0.05) is 6.07 Å². The van der Waals surface area contributed by atoms with Crippen molar-refractivity contribution < 1.29 is 17.9 Å². The molecule has 0 aliphatic heterocycles. The number of benzene rings is 1. The van der Waals surface area contributed by atoms with Gasteiger partial charge in [0, 0.05) is 18.8 Å². The van der Waals surface area contributed by atoms with Gasteiger partial charge in [0.1, 0.15) is 5.60 Å². The Morgan fingerprint density at radius 1 is 1.26 bits per heavy atom. The number of ether oxygens (including phenoxy) is 1. The first kappa shape index (κ1) is 19.2. The predicted molar refractivity (Wildman–Crippen MR) is 89.6 cm³/mol. The van der Waals surface area contributed by atoms with E-state index in [9.17, 15) is 13.2 Å². The third kappa shape index (κ3) is 6.87. The van der Waals surface area contributed by atoms with Crippen LogP contribution in [-0.4, -0.2) is 33.2 Å². The van der Waals surface area contributed by atoms with Crippen molar-refractivity contribution in [3.63, 3.8) is 0 Å². The number of carbonyl (C=O) groups is 1. The Morgan fingerprint density at radius 2 is 1.91 bits per heavy atom. The lowest BCUT2D eigenvalue weighted by atomic mass is 10.2. The van der Waals surface area contributed by atoms with Gasteiger partial charge >= 0.3 is 6.09 Å². The van der Waals surface area contributed by atoms with Gasteiger partial charge in [-0.3, -0.25) is 0 Å². The zero-order chi connectivity index (χ0) is 17.7. The number of hydrogen-bond acceptors (Lipinski definition) is 5. The molecule has 8 heteroatoms. The van der Waals surface area contributed by atoms with E-state index in [1.807, 2.05) is 6.92 Å². The molecule has 23 heavy (non-hydrogen) atoms. The Kier molecular flexibility index (Phi) is 6.40. The van der Waals surface area contributed by atoms with Crippen LogP contribution in [0.4, 0.5) is 10.5 Å². The van der Waals surface area contributed by atoms with Gasteiger partial charge < -0.3 is 15.8 Å². The Balaban J connectivity index is 2.40. The molecule has 0 fully saturated rings.